The van der Waals surface area contributed by atoms with Gasteiger partial charge in [0.25, 0.3) is 6.57 Å². The largest absolute Gasteiger partial charge is 0.483 e. The SMILES string of the molecule is C#[N+]C1(COc2ccc(Oc3ccc(C(N)=CC=N)cc3)cc2)CCC(=O)N1. The molecule has 1 fully saturated rings. The molecule has 7 nitrogen and oxygen atoms in total. The number of hydrogen-bond acceptors (Lipinski definition) is 5. The number of hydrogen-bond donors (Lipinski definition) is 3. The fourth-order valence-corrected chi connectivity index (χ4v) is 2.79. The Labute approximate surface area is 163 Å². The number of benzene rings is 2. The monoisotopic (exact) mass is 377 g/mol. The van der Waals surface area contributed by atoms with Crippen molar-refractivity contribution >= 4 is 17.8 Å². The first-order chi connectivity index (χ1) is 13.5. The second kappa shape index (κ2) is 8.27. The summed E-state index contributed by atoms with van der Waals surface area (Å²) in [6.45, 7) is 5.61. The Balaban J connectivity index is 1.59. The topological polar surface area (TPSA) is 102 Å². The maximum Gasteiger partial charge on any atom is 0.389 e. The van der Waals surface area contributed by atoms with Crippen molar-refractivity contribution in [3.8, 4) is 23.8 Å². The van der Waals surface area contributed by atoms with Gasteiger partial charge in [0.15, 0.2) is 6.61 Å². The van der Waals surface area contributed by atoms with Gasteiger partial charge in [-0.15, -0.1) is 0 Å². The molecule has 0 bridgehead atoms. The van der Waals surface area contributed by atoms with Crippen LogP contribution in [0.4, 0.5) is 0 Å². The zero-order valence-electron chi connectivity index (χ0n) is 15.2. The van der Waals surface area contributed by atoms with E-state index in [2.05, 4.69) is 10.2 Å². The third kappa shape index (κ3) is 4.48. The van der Waals surface area contributed by atoms with Gasteiger partial charge in [-0.3, -0.25) is 10.1 Å². The van der Waals surface area contributed by atoms with Crippen LogP contribution in [0.5, 0.6) is 17.2 Å². The highest BCUT2D eigenvalue weighted by Crippen LogP contribution is 2.27. The van der Waals surface area contributed by atoms with E-state index in [0.717, 1.165) is 11.8 Å². The standard InChI is InChI=1S/C21H20N4O3/c1-24-21(12-10-20(26)25-21)14-27-16-6-8-18(9-7-16)28-17-4-2-15(3-5-17)19(23)11-13-22/h1-9,11,13H,10,12,14H2,(H3-,22,23,25,26)/p+1. The molecule has 1 saturated heterocycles. The highest BCUT2D eigenvalue weighted by molar-refractivity contribution is 5.81. The lowest BCUT2D eigenvalue weighted by atomic mass is 10.1. The molecule has 0 radical (unpaired) electrons. The van der Waals surface area contributed by atoms with Crippen molar-refractivity contribution in [2.24, 2.45) is 5.73 Å². The van der Waals surface area contributed by atoms with E-state index in [1.54, 1.807) is 36.4 Å². The lowest BCUT2D eigenvalue weighted by Crippen LogP contribution is -2.43. The summed E-state index contributed by atoms with van der Waals surface area (Å²) < 4.78 is 11.5. The molecule has 28 heavy (non-hydrogen) atoms. The van der Waals surface area contributed by atoms with Gasteiger partial charge in [0.05, 0.1) is 6.42 Å². The van der Waals surface area contributed by atoms with Gasteiger partial charge in [-0.1, -0.05) is 4.85 Å². The van der Waals surface area contributed by atoms with Crippen LogP contribution in [-0.4, -0.2) is 24.4 Å². The fraction of sp³-hybridized carbons (Fsp3) is 0.190. The molecule has 4 N–H and O–H groups in total. The molecular weight excluding hydrogens is 356 g/mol. The number of rotatable bonds is 7. The molecule has 1 heterocycles. The van der Waals surface area contributed by atoms with E-state index in [1.807, 2.05) is 12.1 Å². The number of amides is 1. The minimum Gasteiger partial charge on any atom is -0.483 e. The predicted molar refractivity (Wildman–Crippen MR) is 108 cm³/mol. The fourth-order valence-electron chi connectivity index (χ4n) is 2.79. The first-order valence-electron chi connectivity index (χ1n) is 8.74. The Morgan fingerprint density at radius 3 is 2.32 bits per heavy atom. The molecule has 142 valence electrons. The summed E-state index contributed by atoms with van der Waals surface area (Å²) in [5.41, 5.74) is 6.32. The number of nitrogens with zero attached hydrogens (tertiary/aromatic N) is 1. The molecule has 0 saturated carbocycles. The highest BCUT2D eigenvalue weighted by Gasteiger charge is 2.48. The molecule has 1 atom stereocenters. The molecule has 1 unspecified atom stereocenters. The Bertz CT molecular complexity index is 930. The van der Waals surface area contributed by atoms with E-state index in [4.69, 9.17) is 27.2 Å². The van der Waals surface area contributed by atoms with Crippen LogP contribution in [0, 0.1) is 12.0 Å². The second-order valence-electron chi connectivity index (χ2n) is 6.38. The molecule has 2 aromatic carbocycles. The maximum absolute atomic E-state index is 11.4. The highest BCUT2D eigenvalue weighted by atomic mass is 16.5. The van der Waals surface area contributed by atoms with Crippen LogP contribution in [0.15, 0.2) is 54.6 Å². The van der Waals surface area contributed by atoms with Crippen LogP contribution < -0.4 is 20.5 Å². The van der Waals surface area contributed by atoms with Crippen LogP contribution in [-0.2, 0) is 4.79 Å². The summed E-state index contributed by atoms with van der Waals surface area (Å²) in [6.07, 6.45) is 3.57. The zero-order chi connectivity index (χ0) is 20.0. The van der Waals surface area contributed by atoms with Gasteiger partial charge >= 0.3 is 5.66 Å². The van der Waals surface area contributed by atoms with Crippen molar-refractivity contribution in [2.75, 3.05) is 6.61 Å². The Morgan fingerprint density at radius 2 is 1.79 bits per heavy atom. The van der Waals surface area contributed by atoms with E-state index < -0.39 is 5.66 Å². The van der Waals surface area contributed by atoms with Crippen molar-refractivity contribution in [3.05, 3.63) is 65.0 Å². The van der Waals surface area contributed by atoms with Gasteiger partial charge in [0.1, 0.15) is 17.2 Å². The minimum absolute atomic E-state index is 0.0809. The van der Waals surface area contributed by atoms with Gasteiger partial charge in [0.2, 0.25) is 5.91 Å². The molecule has 0 aromatic heterocycles. The van der Waals surface area contributed by atoms with E-state index in [0.29, 0.717) is 35.8 Å². The number of nitrogens with one attached hydrogen (secondary N) is 2. The van der Waals surface area contributed by atoms with Crippen molar-refractivity contribution in [2.45, 2.75) is 18.5 Å². The maximum atomic E-state index is 11.4. The molecule has 3 rings (SSSR count). The van der Waals surface area contributed by atoms with E-state index in [-0.39, 0.29) is 12.5 Å². The average Bonchev–Trinajstić information content (AvgIpc) is 3.10. The summed E-state index contributed by atoms with van der Waals surface area (Å²) in [6, 6.07) is 14.4. The number of allylic oxidation sites excluding steroid dienone is 1. The summed E-state index contributed by atoms with van der Waals surface area (Å²) in [5.74, 6) is 1.85. The van der Waals surface area contributed by atoms with Crippen LogP contribution in [0.1, 0.15) is 18.4 Å². The van der Waals surface area contributed by atoms with Crippen LogP contribution in [0.25, 0.3) is 10.5 Å². The first kappa shape index (κ1) is 19.0. The molecular formula is C21H21N4O3+. The Morgan fingerprint density at radius 1 is 1.18 bits per heavy atom. The number of carbonyl (C=O) groups excluding carboxylic acids is 1. The first-order valence-corrected chi connectivity index (χ1v) is 8.74. The second-order valence-corrected chi connectivity index (χ2v) is 6.38. The molecule has 1 amide bonds. The zero-order valence-corrected chi connectivity index (χ0v) is 15.2. The van der Waals surface area contributed by atoms with Gasteiger partial charge in [-0.05, 0) is 60.2 Å². The third-order valence-corrected chi connectivity index (χ3v) is 4.37. The average molecular weight is 377 g/mol. The smallest absolute Gasteiger partial charge is 0.389 e. The molecule has 1 aliphatic rings. The van der Waals surface area contributed by atoms with Crippen LogP contribution >= 0.6 is 0 Å². The Hall–Kier alpha value is -3.79. The van der Waals surface area contributed by atoms with Crippen molar-refractivity contribution < 1.29 is 14.3 Å². The summed E-state index contributed by atoms with van der Waals surface area (Å²) in [4.78, 5) is 15.2. The molecule has 0 aliphatic carbocycles. The molecule has 1 aliphatic heterocycles. The third-order valence-electron chi connectivity index (χ3n) is 4.37. The summed E-state index contributed by atoms with van der Waals surface area (Å²) >= 11 is 0. The quantitative estimate of drug-likeness (QED) is 0.644. The predicted octanol–water partition coefficient (Wildman–Crippen LogP) is 3.38. The van der Waals surface area contributed by atoms with E-state index in [1.165, 1.54) is 6.08 Å². The van der Waals surface area contributed by atoms with E-state index in [9.17, 15) is 4.79 Å². The van der Waals surface area contributed by atoms with Crippen molar-refractivity contribution in [1.29, 1.82) is 5.41 Å². The lowest BCUT2D eigenvalue weighted by Gasteiger charge is -2.13. The summed E-state index contributed by atoms with van der Waals surface area (Å²) in [5, 5.41) is 9.80. The normalized spacial score (nSPS) is 18.8. The molecule has 7 heteroatoms. The number of carbonyl (C=O) groups is 1. The molecule has 0 spiro atoms. The molecule has 2 aromatic rings. The van der Waals surface area contributed by atoms with Crippen molar-refractivity contribution in [3.63, 3.8) is 0 Å². The van der Waals surface area contributed by atoms with Gasteiger partial charge < -0.3 is 20.6 Å². The minimum atomic E-state index is -0.859. The number of nitrogens with two attached hydrogens (primary N) is 1. The van der Waals surface area contributed by atoms with Crippen LogP contribution in [0.3, 0.4) is 0 Å². The van der Waals surface area contributed by atoms with Gasteiger partial charge in [-0.2, -0.15) is 0 Å². The lowest BCUT2D eigenvalue weighted by molar-refractivity contribution is -0.119. The Kier molecular flexibility index (Phi) is 5.61. The van der Waals surface area contributed by atoms with Gasteiger partial charge in [-0.25, -0.2) is 0 Å². The van der Waals surface area contributed by atoms with E-state index >= 15 is 0 Å². The van der Waals surface area contributed by atoms with Crippen LogP contribution in [0.2, 0.25) is 0 Å². The summed E-state index contributed by atoms with van der Waals surface area (Å²) in [7, 11) is 0. The number of ether oxygens (including phenoxy) is 2. The van der Waals surface area contributed by atoms with Crippen molar-refractivity contribution in [1.82, 2.24) is 5.32 Å². The van der Waals surface area contributed by atoms with Gasteiger partial charge in [0, 0.05) is 18.3 Å².